The Morgan fingerprint density at radius 3 is 1.87 bits per heavy atom. The zero-order valence-corrected chi connectivity index (χ0v) is 29.9. The number of amides is 1. The average molecular weight is 790 g/mol. The van der Waals surface area contributed by atoms with E-state index in [0.29, 0.717) is 5.69 Å². The molecule has 0 radical (unpaired) electrons. The molecule has 284 valence electrons. The Balaban J connectivity index is 1.24. The van der Waals surface area contributed by atoms with E-state index in [0.717, 1.165) is 12.1 Å². The Hall–Kier alpha value is -6.36. The number of azo groups is 1. The molecular formula is C34H31N9O10S2. The number of phenols is 1. The number of nitrogens with zero attached hydrogens (tertiary/aromatic N) is 5. The molecule has 0 unspecified atom stereocenters. The van der Waals surface area contributed by atoms with Crippen molar-refractivity contribution < 1.29 is 46.1 Å². The van der Waals surface area contributed by atoms with Crippen LogP contribution in [0.3, 0.4) is 0 Å². The minimum Gasteiger partial charge on any atom is -0.505 e. The number of phenolic OH excluding ortho intramolecular Hbond substituents is 1. The summed E-state index contributed by atoms with van der Waals surface area (Å²) in [6.07, 6.45) is 0. The monoisotopic (exact) mass is 789 g/mol. The number of carbonyl (C=O) groups excluding carboxylic acids is 1. The van der Waals surface area contributed by atoms with E-state index in [1.165, 1.54) is 48.5 Å². The molecule has 6 aromatic rings. The van der Waals surface area contributed by atoms with E-state index in [-0.39, 0.29) is 87.5 Å². The summed E-state index contributed by atoms with van der Waals surface area (Å²) in [7, 11) is -9.59. The first-order valence-electron chi connectivity index (χ1n) is 16.1. The molecule has 0 saturated heterocycles. The standard InChI is InChI=1S/C34H31N9O10S2/c44-15-13-35-32-39-33(36-14-16-45)41-34(40-32)38-21-7-5-19(6-8-21)31(47)37-22-9-10-23-20(17-22)18-28(55(51,52)53)29(30(23)46)43-42-26-11-12-27(54(48,49)50)25-4-2-1-3-24(25)26/h1-12,17-18,44-46H,13-16H2,(H,37,47)(H,48,49,50)(H,51,52,53)(H3,35,36,38,39,40,41). The first kappa shape index (κ1) is 38.4. The third-order valence-corrected chi connectivity index (χ3v) is 9.59. The van der Waals surface area contributed by atoms with Crippen LogP contribution >= 0.6 is 0 Å². The van der Waals surface area contributed by atoms with Gasteiger partial charge in [0.15, 0.2) is 5.75 Å². The Kier molecular flexibility index (Phi) is 11.1. The minimum atomic E-state index is -5.00. The molecule has 5 aromatic carbocycles. The summed E-state index contributed by atoms with van der Waals surface area (Å²) in [5.74, 6) is -0.690. The van der Waals surface area contributed by atoms with Crippen LogP contribution in [0.2, 0.25) is 0 Å². The van der Waals surface area contributed by atoms with Gasteiger partial charge in [-0.1, -0.05) is 24.3 Å². The van der Waals surface area contributed by atoms with Crippen molar-refractivity contribution in [2.24, 2.45) is 10.2 Å². The summed E-state index contributed by atoms with van der Waals surface area (Å²) < 4.78 is 68.4. The van der Waals surface area contributed by atoms with E-state index < -0.39 is 42.5 Å². The zero-order chi connectivity index (χ0) is 39.3. The van der Waals surface area contributed by atoms with Crippen molar-refractivity contribution in [2.75, 3.05) is 47.6 Å². The van der Waals surface area contributed by atoms with Gasteiger partial charge >= 0.3 is 0 Å². The second-order valence-electron chi connectivity index (χ2n) is 11.5. The molecule has 55 heavy (non-hydrogen) atoms. The summed E-state index contributed by atoms with van der Waals surface area (Å²) in [4.78, 5) is 24.6. The number of nitrogens with one attached hydrogen (secondary N) is 4. The largest absolute Gasteiger partial charge is 0.505 e. The molecular weight excluding hydrogens is 759 g/mol. The van der Waals surface area contributed by atoms with Crippen LogP contribution in [0.15, 0.2) is 105 Å². The number of hydrogen-bond donors (Lipinski definition) is 9. The summed E-state index contributed by atoms with van der Waals surface area (Å²) in [6.45, 7) is 0.0801. The maximum absolute atomic E-state index is 13.2. The Labute approximate surface area is 312 Å². The predicted octanol–water partition coefficient (Wildman–Crippen LogP) is 4.60. The van der Waals surface area contributed by atoms with Crippen LogP contribution in [0.25, 0.3) is 21.5 Å². The van der Waals surface area contributed by atoms with Gasteiger partial charge in [0.25, 0.3) is 26.1 Å². The molecule has 0 saturated carbocycles. The quantitative estimate of drug-likeness (QED) is 0.0538. The number of fused-ring (bicyclic) bond motifs is 2. The molecule has 0 aliphatic carbocycles. The van der Waals surface area contributed by atoms with Crippen LogP contribution in [0.5, 0.6) is 5.75 Å². The molecule has 1 heterocycles. The third kappa shape index (κ3) is 8.89. The lowest BCUT2D eigenvalue weighted by atomic mass is 10.1. The summed E-state index contributed by atoms with van der Waals surface area (Å²) in [5, 5.41) is 49.3. The molecule has 0 spiro atoms. The van der Waals surface area contributed by atoms with Gasteiger partial charge in [0.05, 0.1) is 18.9 Å². The van der Waals surface area contributed by atoms with Gasteiger partial charge in [0.2, 0.25) is 17.8 Å². The SMILES string of the molecule is O=C(Nc1ccc2c(O)c(N=Nc3ccc(S(=O)(=O)O)c4ccccc34)c(S(=O)(=O)O)cc2c1)c1ccc(Nc2nc(NCCO)nc(NCCO)n2)cc1. The zero-order valence-electron chi connectivity index (χ0n) is 28.2. The van der Waals surface area contributed by atoms with Crippen LogP contribution < -0.4 is 21.3 Å². The topological polar surface area (TPSA) is 298 Å². The van der Waals surface area contributed by atoms with Crippen molar-refractivity contribution >= 4 is 88.3 Å². The molecule has 9 N–H and O–H groups in total. The van der Waals surface area contributed by atoms with Gasteiger partial charge in [-0.25, -0.2) is 0 Å². The highest BCUT2D eigenvalue weighted by molar-refractivity contribution is 7.86. The van der Waals surface area contributed by atoms with E-state index in [1.54, 1.807) is 24.3 Å². The molecule has 0 fully saturated rings. The number of aromatic hydroxyl groups is 1. The lowest BCUT2D eigenvalue weighted by molar-refractivity contribution is 0.102. The number of hydrogen-bond acceptors (Lipinski definition) is 16. The van der Waals surface area contributed by atoms with Crippen LogP contribution in [0.4, 0.5) is 40.6 Å². The van der Waals surface area contributed by atoms with Crippen LogP contribution in [-0.2, 0) is 20.2 Å². The fourth-order valence-electron chi connectivity index (χ4n) is 5.36. The Bertz CT molecular complexity index is 2650. The first-order valence-corrected chi connectivity index (χ1v) is 19.0. The number of aromatic nitrogens is 3. The second kappa shape index (κ2) is 15.9. The highest BCUT2D eigenvalue weighted by Crippen LogP contribution is 2.43. The molecule has 6 rings (SSSR count). The fraction of sp³-hybridized carbons (Fsp3) is 0.118. The Morgan fingerprint density at radius 2 is 1.25 bits per heavy atom. The normalized spacial score (nSPS) is 11.9. The summed E-state index contributed by atoms with van der Waals surface area (Å²) in [6, 6.07) is 19.9. The van der Waals surface area contributed by atoms with Crippen molar-refractivity contribution in [2.45, 2.75) is 9.79 Å². The van der Waals surface area contributed by atoms with Crippen LogP contribution in [0, 0.1) is 0 Å². The average Bonchev–Trinajstić information content (AvgIpc) is 3.15. The van der Waals surface area contributed by atoms with Crippen molar-refractivity contribution in [3.05, 3.63) is 90.5 Å². The van der Waals surface area contributed by atoms with E-state index in [1.807, 2.05) is 0 Å². The number of benzene rings is 5. The lowest BCUT2D eigenvalue weighted by Gasteiger charge is -2.12. The van der Waals surface area contributed by atoms with Crippen molar-refractivity contribution in [1.82, 2.24) is 15.0 Å². The maximum atomic E-state index is 13.2. The molecule has 0 bridgehead atoms. The number of aliphatic hydroxyl groups is 2. The van der Waals surface area contributed by atoms with Crippen LogP contribution in [-0.4, -0.2) is 88.4 Å². The van der Waals surface area contributed by atoms with E-state index >= 15 is 0 Å². The number of aliphatic hydroxyl groups excluding tert-OH is 2. The van der Waals surface area contributed by atoms with Gasteiger partial charge in [-0.15, -0.1) is 10.2 Å². The smallest absolute Gasteiger partial charge is 0.296 e. The second-order valence-corrected chi connectivity index (χ2v) is 14.3. The van der Waals surface area contributed by atoms with Crippen LogP contribution in [0.1, 0.15) is 10.4 Å². The highest BCUT2D eigenvalue weighted by atomic mass is 32.2. The molecule has 0 aliphatic heterocycles. The van der Waals surface area contributed by atoms with Crippen molar-refractivity contribution in [3.8, 4) is 5.75 Å². The van der Waals surface area contributed by atoms with E-state index in [4.69, 9.17) is 10.2 Å². The molecule has 19 nitrogen and oxygen atoms in total. The lowest BCUT2D eigenvalue weighted by Crippen LogP contribution is -2.15. The van der Waals surface area contributed by atoms with Gasteiger partial charge in [-0.3, -0.25) is 13.9 Å². The van der Waals surface area contributed by atoms with Gasteiger partial charge in [0, 0.05) is 46.2 Å². The maximum Gasteiger partial charge on any atom is 0.296 e. The van der Waals surface area contributed by atoms with Gasteiger partial charge in [0.1, 0.15) is 15.5 Å². The summed E-state index contributed by atoms with van der Waals surface area (Å²) in [5.41, 5.74) is 0.440. The molecule has 0 atom stereocenters. The minimum absolute atomic E-state index is 0.0673. The van der Waals surface area contributed by atoms with Gasteiger partial charge in [-0.05, 0) is 66.0 Å². The van der Waals surface area contributed by atoms with E-state index in [2.05, 4.69) is 46.4 Å². The summed E-state index contributed by atoms with van der Waals surface area (Å²) >= 11 is 0. The van der Waals surface area contributed by atoms with Gasteiger partial charge < -0.3 is 36.6 Å². The van der Waals surface area contributed by atoms with Gasteiger partial charge in [-0.2, -0.15) is 31.8 Å². The number of rotatable bonds is 14. The van der Waals surface area contributed by atoms with E-state index in [9.17, 15) is 35.8 Å². The molecule has 1 amide bonds. The predicted molar refractivity (Wildman–Crippen MR) is 202 cm³/mol. The third-order valence-electron chi connectivity index (χ3n) is 7.81. The fourth-order valence-corrected chi connectivity index (χ4v) is 6.71. The van der Waals surface area contributed by atoms with Crippen molar-refractivity contribution in [3.63, 3.8) is 0 Å². The first-order chi connectivity index (χ1) is 26.2. The highest BCUT2D eigenvalue weighted by Gasteiger charge is 2.23. The number of anilines is 5. The van der Waals surface area contributed by atoms with Crippen molar-refractivity contribution in [1.29, 1.82) is 0 Å². The Morgan fingerprint density at radius 1 is 0.655 bits per heavy atom. The number of carbonyl (C=O) groups is 1. The molecule has 1 aromatic heterocycles. The molecule has 21 heteroatoms. The molecule has 0 aliphatic rings.